The lowest BCUT2D eigenvalue weighted by Crippen LogP contribution is -2.40. The third-order valence-electron chi connectivity index (χ3n) is 8.99. The number of aromatic nitrogens is 3. The molecular weight excluding hydrogens is 697 g/mol. The molecular formula is C39H48N5O8P. The fraction of sp³-hybridized carbons (Fsp3) is 0.436. The molecule has 14 heteroatoms. The molecule has 1 aliphatic heterocycles. The zero-order valence-corrected chi connectivity index (χ0v) is 32.1. The maximum absolute atomic E-state index is 13.1. The number of H-pyrrole nitrogens is 1. The molecule has 1 N–H and O–H groups in total. The highest BCUT2D eigenvalue weighted by molar-refractivity contribution is 7.44. The molecule has 1 aromatic heterocycles. The van der Waals surface area contributed by atoms with E-state index in [9.17, 15) is 14.9 Å². The molecule has 5 rings (SSSR count). The highest BCUT2D eigenvalue weighted by Crippen LogP contribution is 2.50. The van der Waals surface area contributed by atoms with Crippen LogP contribution in [0.4, 0.5) is 0 Å². The second kappa shape index (κ2) is 18.1. The third kappa shape index (κ3) is 9.04. The van der Waals surface area contributed by atoms with E-state index in [1.54, 1.807) is 14.2 Å². The zero-order chi connectivity index (χ0) is 38.1. The molecule has 0 amide bonds. The average Bonchev–Trinajstić information content (AvgIpc) is 3.56. The Morgan fingerprint density at radius 3 is 2.04 bits per heavy atom. The normalized spacial score (nSPS) is 18.0. The topological polar surface area (TPSA) is 150 Å². The van der Waals surface area contributed by atoms with E-state index in [1.165, 1.54) is 6.92 Å². The van der Waals surface area contributed by atoms with E-state index in [0.717, 1.165) is 21.4 Å². The monoisotopic (exact) mass is 745 g/mol. The number of nitriles is 1. The van der Waals surface area contributed by atoms with Crippen LogP contribution in [0.1, 0.15) is 69.1 Å². The number of aromatic amines is 1. The number of nitrogens with one attached hydrogen (secondary N) is 1. The van der Waals surface area contributed by atoms with Crippen LogP contribution < -0.4 is 20.7 Å². The second-order valence-electron chi connectivity index (χ2n) is 13.2. The molecule has 4 unspecified atom stereocenters. The van der Waals surface area contributed by atoms with Crippen LogP contribution in [0.15, 0.2) is 88.5 Å². The number of rotatable bonds is 17. The summed E-state index contributed by atoms with van der Waals surface area (Å²) in [5, 5.41) is 13.6. The Labute approximate surface area is 311 Å². The average molecular weight is 746 g/mol. The number of hydrogen-bond donors (Lipinski definition) is 1. The number of ether oxygens (including phenoxy) is 4. The predicted molar refractivity (Wildman–Crippen MR) is 201 cm³/mol. The van der Waals surface area contributed by atoms with Gasteiger partial charge in [0.1, 0.15) is 28.9 Å². The summed E-state index contributed by atoms with van der Waals surface area (Å²) in [4.78, 5) is 27.6. The molecule has 2 heterocycles. The highest BCUT2D eigenvalue weighted by atomic mass is 31.2. The zero-order valence-electron chi connectivity index (χ0n) is 31.2. The maximum atomic E-state index is 13.1. The molecule has 13 nitrogen and oxygen atoms in total. The first kappa shape index (κ1) is 39.8. The molecule has 0 saturated carbocycles. The quantitative estimate of drug-likeness (QED) is 0.0746. The Balaban J connectivity index is 1.60. The maximum Gasteiger partial charge on any atom is 0.347 e. The van der Waals surface area contributed by atoms with Crippen molar-refractivity contribution in [3.05, 3.63) is 122 Å². The van der Waals surface area contributed by atoms with E-state index in [4.69, 9.17) is 28.0 Å². The van der Waals surface area contributed by atoms with Crippen LogP contribution in [0, 0.1) is 18.3 Å². The van der Waals surface area contributed by atoms with Gasteiger partial charge in [-0.2, -0.15) is 15.0 Å². The third-order valence-corrected chi connectivity index (χ3v) is 11.1. The summed E-state index contributed by atoms with van der Waals surface area (Å²) in [5.41, 5.74) is 0.255. The minimum Gasteiger partial charge on any atom is -0.497 e. The smallest absolute Gasteiger partial charge is 0.347 e. The molecule has 0 spiro atoms. The van der Waals surface area contributed by atoms with Gasteiger partial charge in [0.25, 0.3) is 14.1 Å². The van der Waals surface area contributed by atoms with Crippen LogP contribution >= 0.6 is 8.53 Å². The number of benzene rings is 3. The van der Waals surface area contributed by atoms with Crippen LogP contribution in [0.2, 0.25) is 0 Å². The van der Waals surface area contributed by atoms with Crippen molar-refractivity contribution in [1.82, 2.24) is 19.4 Å². The Morgan fingerprint density at radius 2 is 1.51 bits per heavy atom. The number of methoxy groups -OCH3 is 2. The molecule has 4 aromatic rings. The molecule has 1 aliphatic rings. The summed E-state index contributed by atoms with van der Waals surface area (Å²) in [6.45, 7) is 9.97. The summed E-state index contributed by atoms with van der Waals surface area (Å²) in [5.74, 6) is 1.39. The lowest BCUT2D eigenvalue weighted by Gasteiger charge is -2.39. The molecule has 1 saturated heterocycles. The number of nitrogens with zero attached hydrogens (tertiary/aromatic N) is 4. The van der Waals surface area contributed by atoms with Gasteiger partial charge in [0.05, 0.1) is 46.0 Å². The van der Waals surface area contributed by atoms with Crippen molar-refractivity contribution in [2.24, 2.45) is 0 Å². The second-order valence-corrected chi connectivity index (χ2v) is 14.6. The van der Waals surface area contributed by atoms with E-state index in [1.807, 2.05) is 78.9 Å². The van der Waals surface area contributed by atoms with Gasteiger partial charge in [0.15, 0.2) is 6.23 Å². The summed E-state index contributed by atoms with van der Waals surface area (Å²) in [6.07, 6.45) is -1.85. The van der Waals surface area contributed by atoms with Gasteiger partial charge in [-0.05, 0) is 75.6 Å². The van der Waals surface area contributed by atoms with Crippen LogP contribution in [0.3, 0.4) is 0 Å². The SMILES string of the molecule is COc1ccc(C(OCC2OC(n3nc(C)c(=O)[nH]c3=O)CC2OP(OCCC#N)N(C(C)C)C(C)C)(c2ccccc2)c2ccc(OC)cc2)cc1. The molecule has 53 heavy (non-hydrogen) atoms. The van der Waals surface area contributed by atoms with Crippen molar-refractivity contribution in [2.75, 3.05) is 27.4 Å². The lowest BCUT2D eigenvalue weighted by atomic mass is 9.80. The largest absolute Gasteiger partial charge is 0.497 e. The molecule has 1 fully saturated rings. The summed E-state index contributed by atoms with van der Waals surface area (Å²) >= 11 is 0. The van der Waals surface area contributed by atoms with Crippen LogP contribution in [0.5, 0.6) is 11.5 Å². The molecule has 282 valence electrons. The fourth-order valence-corrected chi connectivity index (χ4v) is 8.25. The van der Waals surface area contributed by atoms with E-state index < -0.39 is 43.8 Å². The number of hydrogen-bond acceptors (Lipinski definition) is 11. The molecule has 0 aliphatic carbocycles. The minimum absolute atomic E-state index is 0.00985. The standard InChI is InChI=1S/C39H48N5O8P/c1-26(2)44(27(3)4)53(50-23-11-22-40)52-34-24-36(43-38(46)41-37(45)28(5)42-43)51-35(34)25-49-39(29-12-9-8-10-13-29,30-14-18-32(47-6)19-15-30)31-16-20-33(48-7)21-17-31/h8-10,12-21,26-27,34-36H,11,23-25H2,1-7H3,(H,41,45,46). The van der Waals surface area contributed by atoms with Gasteiger partial charge in [-0.3, -0.25) is 9.78 Å². The first-order valence-corrected chi connectivity index (χ1v) is 18.7. The van der Waals surface area contributed by atoms with Gasteiger partial charge in [-0.25, -0.2) is 9.46 Å². The molecule has 0 radical (unpaired) electrons. The van der Waals surface area contributed by atoms with Gasteiger partial charge in [0, 0.05) is 18.5 Å². The van der Waals surface area contributed by atoms with E-state index in [2.05, 4.69) is 48.5 Å². The van der Waals surface area contributed by atoms with Crippen LogP contribution in [-0.4, -0.2) is 71.2 Å². The van der Waals surface area contributed by atoms with Crippen molar-refractivity contribution in [3.8, 4) is 17.6 Å². The van der Waals surface area contributed by atoms with Crippen molar-refractivity contribution < 1.29 is 28.0 Å². The number of aryl methyl sites for hydroxylation is 1. The molecule has 4 atom stereocenters. The van der Waals surface area contributed by atoms with Crippen molar-refractivity contribution >= 4 is 8.53 Å². The molecule has 0 bridgehead atoms. The summed E-state index contributed by atoms with van der Waals surface area (Å²) < 4.78 is 41.2. The van der Waals surface area contributed by atoms with Gasteiger partial charge >= 0.3 is 5.69 Å². The van der Waals surface area contributed by atoms with E-state index in [-0.39, 0.29) is 43.8 Å². The highest BCUT2D eigenvalue weighted by Gasteiger charge is 2.45. The summed E-state index contributed by atoms with van der Waals surface area (Å²) in [6, 6.07) is 27.6. The van der Waals surface area contributed by atoms with Crippen molar-refractivity contribution in [2.45, 2.75) is 83.6 Å². The van der Waals surface area contributed by atoms with E-state index in [0.29, 0.717) is 11.5 Å². The van der Waals surface area contributed by atoms with Crippen molar-refractivity contribution in [1.29, 1.82) is 5.26 Å². The van der Waals surface area contributed by atoms with Gasteiger partial charge in [0.2, 0.25) is 0 Å². The van der Waals surface area contributed by atoms with E-state index >= 15 is 0 Å². The predicted octanol–water partition coefficient (Wildman–Crippen LogP) is 6.21. The lowest BCUT2D eigenvalue weighted by molar-refractivity contribution is -0.0950. The van der Waals surface area contributed by atoms with Gasteiger partial charge in [-0.15, -0.1) is 0 Å². The van der Waals surface area contributed by atoms with Gasteiger partial charge in [-0.1, -0.05) is 54.6 Å². The Morgan fingerprint density at radius 1 is 0.943 bits per heavy atom. The first-order chi connectivity index (χ1) is 25.5. The first-order valence-electron chi connectivity index (χ1n) is 17.6. The Kier molecular flexibility index (Phi) is 13.6. The molecule has 3 aromatic carbocycles. The van der Waals surface area contributed by atoms with Crippen LogP contribution in [0.25, 0.3) is 0 Å². The Hall–Kier alpha value is -4.41. The minimum atomic E-state index is -1.69. The van der Waals surface area contributed by atoms with Crippen molar-refractivity contribution in [3.63, 3.8) is 0 Å². The summed E-state index contributed by atoms with van der Waals surface area (Å²) in [7, 11) is 1.55. The van der Waals surface area contributed by atoms with Crippen LogP contribution in [-0.2, 0) is 24.1 Å². The van der Waals surface area contributed by atoms with Gasteiger partial charge < -0.3 is 28.0 Å². The fourth-order valence-electron chi connectivity index (χ4n) is 6.49. The Bertz CT molecular complexity index is 1870.